The number of hydrogen-bond acceptors (Lipinski definition) is 0. The fourth-order valence-corrected chi connectivity index (χ4v) is 10.9. The number of aryl methyl sites for hydroxylation is 1. The third-order valence-corrected chi connectivity index (χ3v) is 12.9. The summed E-state index contributed by atoms with van der Waals surface area (Å²) in [7, 11) is 0. The summed E-state index contributed by atoms with van der Waals surface area (Å²) in [5, 5.41) is 8.19. The Morgan fingerprint density at radius 2 is 0.957 bits per heavy atom. The molecule has 0 radical (unpaired) electrons. The highest BCUT2D eigenvalue weighted by Gasteiger charge is 2.40. The molecule has 47 heavy (non-hydrogen) atoms. The molecule has 0 N–H and O–H groups in total. The van der Waals surface area contributed by atoms with Crippen molar-refractivity contribution in [3.8, 4) is 33.4 Å². The Bertz CT molecular complexity index is 2460. The molecule has 0 spiro atoms. The lowest BCUT2D eigenvalue weighted by molar-refractivity contribution is 0.719. The van der Waals surface area contributed by atoms with Gasteiger partial charge in [0, 0.05) is 0 Å². The lowest BCUT2D eigenvalue weighted by atomic mass is 9.79. The van der Waals surface area contributed by atoms with E-state index in [9.17, 15) is 0 Å². The summed E-state index contributed by atoms with van der Waals surface area (Å²) in [4.78, 5) is 0. The third kappa shape index (κ3) is 3.59. The standard InChI is InChI=1S/C47H38/c1-27-16-22-40(37-9-3-2-8-33(27)37)47-39-11-5-4-10-38(39)46(42-15-7-14-35-29-18-20-32(25-29)45(35)42)41-23-21-30(26-43(41)47)36-13-6-12-34-28-17-19-31(24-28)44(34)36/h2-16,21-23,26,28-29,31-32H,17-20,24-25H2,1H3. The smallest absolute Gasteiger partial charge is 0.00199 e. The Kier molecular flexibility index (Phi) is 5.43. The third-order valence-electron chi connectivity index (χ3n) is 12.9. The largest absolute Gasteiger partial charge is 0.0616 e. The van der Waals surface area contributed by atoms with Gasteiger partial charge in [-0.15, -0.1) is 0 Å². The molecule has 7 aromatic rings. The van der Waals surface area contributed by atoms with Crippen molar-refractivity contribution in [1.29, 1.82) is 0 Å². The zero-order valence-electron chi connectivity index (χ0n) is 27.0. The molecule has 11 rings (SSSR count). The summed E-state index contributed by atoms with van der Waals surface area (Å²) in [5.74, 6) is 2.92. The Hall–Kier alpha value is -4.68. The molecule has 0 nitrogen and oxygen atoms in total. The molecule has 0 aliphatic heterocycles. The van der Waals surface area contributed by atoms with Crippen LogP contribution in [0.2, 0.25) is 0 Å². The molecule has 4 unspecified atom stereocenters. The van der Waals surface area contributed by atoms with E-state index in [0.717, 1.165) is 17.8 Å². The maximum atomic E-state index is 2.58. The van der Waals surface area contributed by atoms with E-state index in [1.807, 2.05) is 0 Å². The van der Waals surface area contributed by atoms with Crippen molar-refractivity contribution in [3.63, 3.8) is 0 Å². The second-order valence-corrected chi connectivity index (χ2v) is 15.1. The molecule has 4 aliphatic carbocycles. The molecule has 4 bridgehead atoms. The molecule has 4 aliphatic rings. The van der Waals surface area contributed by atoms with Crippen LogP contribution in [0.3, 0.4) is 0 Å². The Morgan fingerprint density at radius 3 is 1.66 bits per heavy atom. The van der Waals surface area contributed by atoms with E-state index in [1.165, 1.54) is 110 Å². The first-order chi connectivity index (χ1) is 23.2. The lowest BCUT2D eigenvalue weighted by Gasteiger charge is -2.24. The molecular formula is C47H38. The van der Waals surface area contributed by atoms with Crippen LogP contribution in [0.1, 0.15) is 90.0 Å². The monoisotopic (exact) mass is 602 g/mol. The fourth-order valence-electron chi connectivity index (χ4n) is 10.9. The second kappa shape index (κ2) is 9.68. The molecule has 0 amide bonds. The van der Waals surface area contributed by atoms with Crippen molar-refractivity contribution >= 4 is 32.3 Å². The van der Waals surface area contributed by atoms with Crippen LogP contribution < -0.4 is 0 Å². The highest BCUT2D eigenvalue weighted by atomic mass is 14.4. The summed E-state index contributed by atoms with van der Waals surface area (Å²) in [6.45, 7) is 2.25. The molecule has 226 valence electrons. The van der Waals surface area contributed by atoms with Crippen molar-refractivity contribution in [2.45, 2.75) is 69.1 Å². The van der Waals surface area contributed by atoms with Gasteiger partial charge in [0.1, 0.15) is 0 Å². The fraction of sp³-hybridized carbons (Fsp3) is 0.234. The molecule has 0 aromatic heterocycles. The zero-order valence-corrected chi connectivity index (χ0v) is 27.0. The number of fused-ring (bicyclic) bond motifs is 13. The number of benzene rings is 7. The van der Waals surface area contributed by atoms with Crippen LogP contribution >= 0.6 is 0 Å². The summed E-state index contributed by atoms with van der Waals surface area (Å²) >= 11 is 0. The molecule has 0 heteroatoms. The van der Waals surface area contributed by atoms with Crippen LogP contribution in [0.4, 0.5) is 0 Å². The van der Waals surface area contributed by atoms with Gasteiger partial charge in [0.05, 0.1) is 0 Å². The van der Waals surface area contributed by atoms with E-state index >= 15 is 0 Å². The summed E-state index contributed by atoms with van der Waals surface area (Å²) in [6, 6.07) is 44.9. The predicted octanol–water partition coefficient (Wildman–Crippen LogP) is 13.2. The van der Waals surface area contributed by atoms with Gasteiger partial charge in [-0.05, 0) is 169 Å². The van der Waals surface area contributed by atoms with E-state index in [1.54, 1.807) is 22.3 Å². The summed E-state index contributed by atoms with van der Waals surface area (Å²) < 4.78 is 0. The van der Waals surface area contributed by atoms with Gasteiger partial charge in [-0.1, -0.05) is 109 Å². The average Bonchev–Trinajstić information content (AvgIpc) is 3.94. The summed E-state index contributed by atoms with van der Waals surface area (Å²) in [5.41, 5.74) is 16.3. The van der Waals surface area contributed by atoms with Crippen molar-refractivity contribution in [3.05, 3.63) is 143 Å². The molecule has 4 atom stereocenters. The molecule has 2 saturated carbocycles. The lowest BCUT2D eigenvalue weighted by Crippen LogP contribution is -2.02. The average molecular weight is 603 g/mol. The second-order valence-electron chi connectivity index (χ2n) is 15.1. The van der Waals surface area contributed by atoms with Gasteiger partial charge < -0.3 is 0 Å². The van der Waals surface area contributed by atoms with E-state index in [-0.39, 0.29) is 0 Å². The Balaban J connectivity index is 1.28. The summed E-state index contributed by atoms with van der Waals surface area (Å²) in [6.07, 6.45) is 8.08. The van der Waals surface area contributed by atoms with Crippen molar-refractivity contribution in [1.82, 2.24) is 0 Å². The topological polar surface area (TPSA) is 0 Å². The van der Waals surface area contributed by atoms with Gasteiger partial charge >= 0.3 is 0 Å². The number of rotatable bonds is 3. The van der Waals surface area contributed by atoms with Crippen LogP contribution in [0.25, 0.3) is 65.7 Å². The minimum absolute atomic E-state index is 0.697. The van der Waals surface area contributed by atoms with E-state index in [2.05, 4.69) is 122 Å². The highest BCUT2D eigenvalue weighted by Crippen LogP contribution is 2.58. The van der Waals surface area contributed by atoms with Gasteiger partial charge in [0.2, 0.25) is 0 Å². The van der Waals surface area contributed by atoms with E-state index in [0.29, 0.717) is 5.92 Å². The van der Waals surface area contributed by atoms with Crippen molar-refractivity contribution in [2.75, 3.05) is 0 Å². The van der Waals surface area contributed by atoms with Gasteiger partial charge in [-0.2, -0.15) is 0 Å². The van der Waals surface area contributed by atoms with Gasteiger partial charge in [0.25, 0.3) is 0 Å². The van der Waals surface area contributed by atoms with Crippen LogP contribution in [-0.4, -0.2) is 0 Å². The van der Waals surface area contributed by atoms with Crippen molar-refractivity contribution < 1.29 is 0 Å². The predicted molar refractivity (Wildman–Crippen MR) is 199 cm³/mol. The highest BCUT2D eigenvalue weighted by molar-refractivity contribution is 6.24. The van der Waals surface area contributed by atoms with Crippen LogP contribution in [0.15, 0.2) is 115 Å². The molecule has 7 aromatic carbocycles. The minimum Gasteiger partial charge on any atom is -0.0616 e. The first-order valence-electron chi connectivity index (χ1n) is 18.0. The maximum absolute atomic E-state index is 2.58. The molecular weight excluding hydrogens is 565 g/mol. The number of hydrogen-bond donors (Lipinski definition) is 0. The zero-order chi connectivity index (χ0) is 30.8. The first kappa shape index (κ1) is 26.4. The van der Waals surface area contributed by atoms with Crippen LogP contribution in [-0.2, 0) is 0 Å². The molecule has 0 saturated heterocycles. The van der Waals surface area contributed by atoms with Crippen LogP contribution in [0, 0.1) is 6.92 Å². The normalized spacial score (nSPS) is 22.1. The van der Waals surface area contributed by atoms with Crippen molar-refractivity contribution in [2.24, 2.45) is 0 Å². The van der Waals surface area contributed by atoms with Gasteiger partial charge in [-0.25, -0.2) is 0 Å². The first-order valence-corrected chi connectivity index (χ1v) is 18.0. The SMILES string of the molecule is Cc1ccc(-c2c3ccccc3c(-c3cccc4c3C3CCC4C3)c3ccc(-c4cccc5c4C4CCC5C4)cc23)c2ccccc12. The van der Waals surface area contributed by atoms with Crippen LogP contribution in [0.5, 0.6) is 0 Å². The van der Waals surface area contributed by atoms with Gasteiger partial charge in [0.15, 0.2) is 0 Å². The van der Waals surface area contributed by atoms with E-state index < -0.39 is 0 Å². The quantitative estimate of drug-likeness (QED) is 0.177. The molecule has 0 heterocycles. The van der Waals surface area contributed by atoms with E-state index in [4.69, 9.17) is 0 Å². The molecule has 2 fully saturated rings. The van der Waals surface area contributed by atoms with Gasteiger partial charge in [-0.3, -0.25) is 0 Å². The Morgan fingerprint density at radius 1 is 0.404 bits per heavy atom. The maximum Gasteiger partial charge on any atom is -0.00199 e. The minimum atomic E-state index is 0.697. The Labute approximate surface area is 277 Å².